The van der Waals surface area contributed by atoms with E-state index in [0.29, 0.717) is 23.0 Å². The van der Waals surface area contributed by atoms with Gasteiger partial charge in [0.2, 0.25) is 5.91 Å². The number of anilines is 1. The van der Waals surface area contributed by atoms with Crippen LogP contribution in [0.5, 0.6) is 0 Å². The Labute approximate surface area is 181 Å². The number of likely N-dealkylation sites (N-methyl/N-ethyl adjacent to an activating group) is 1. The van der Waals surface area contributed by atoms with Crippen LogP contribution in [-0.2, 0) is 11.3 Å². The van der Waals surface area contributed by atoms with E-state index in [1.54, 1.807) is 11.0 Å². The number of likely N-dealkylation sites (tertiary alicyclic amines) is 1. The molecule has 6 heteroatoms. The second-order valence-electron chi connectivity index (χ2n) is 7.83. The quantitative estimate of drug-likeness (QED) is 0.636. The molecule has 160 valence electrons. The normalized spacial score (nSPS) is 13.9. The predicted molar refractivity (Wildman–Crippen MR) is 122 cm³/mol. The van der Waals surface area contributed by atoms with Gasteiger partial charge < -0.3 is 9.80 Å². The number of hydrogen-bond acceptors (Lipinski definition) is 3. The molecule has 0 bridgehead atoms. The molecule has 31 heavy (non-hydrogen) atoms. The van der Waals surface area contributed by atoms with Crippen molar-refractivity contribution in [3.05, 3.63) is 76.6 Å². The molecule has 0 atom stereocenters. The molecule has 0 spiro atoms. The highest BCUT2D eigenvalue weighted by Gasteiger charge is 2.23. The Balaban J connectivity index is 1.71. The van der Waals surface area contributed by atoms with E-state index in [0.717, 1.165) is 38.0 Å². The van der Waals surface area contributed by atoms with Gasteiger partial charge in [-0.25, -0.2) is 0 Å². The van der Waals surface area contributed by atoms with E-state index in [1.165, 1.54) is 10.6 Å². The second-order valence-corrected chi connectivity index (χ2v) is 7.83. The summed E-state index contributed by atoms with van der Waals surface area (Å²) in [4.78, 5) is 42.8. The lowest BCUT2D eigenvalue weighted by molar-refractivity contribution is -0.119. The van der Waals surface area contributed by atoms with Crippen LogP contribution in [0.15, 0.2) is 65.5 Å². The third kappa shape index (κ3) is 4.24. The zero-order chi connectivity index (χ0) is 21.8. The van der Waals surface area contributed by atoms with E-state index < -0.39 is 0 Å². The minimum absolute atomic E-state index is 0.0831. The summed E-state index contributed by atoms with van der Waals surface area (Å²) in [5, 5.41) is 0.702. The van der Waals surface area contributed by atoms with Crippen molar-refractivity contribution in [2.45, 2.75) is 32.7 Å². The van der Waals surface area contributed by atoms with Crippen LogP contribution >= 0.6 is 0 Å². The van der Waals surface area contributed by atoms with Crippen LogP contribution in [0.2, 0.25) is 0 Å². The summed E-state index contributed by atoms with van der Waals surface area (Å²) in [5.41, 5.74) is 1.48. The van der Waals surface area contributed by atoms with E-state index in [9.17, 15) is 14.4 Å². The Kier molecular flexibility index (Phi) is 6.16. The molecule has 2 heterocycles. The first kappa shape index (κ1) is 20.8. The minimum atomic E-state index is -0.337. The molecule has 0 radical (unpaired) electrons. The Bertz CT molecular complexity index is 1150. The molecule has 3 aromatic rings. The number of rotatable bonds is 5. The van der Waals surface area contributed by atoms with Crippen molar-refractivity contribution in [1.82, 2.24) is 9.47 Å². The number of para-hydroxylation sites is 2. The van der Waals surface area contributed by atoms with Gasteiger partial charge in [-0.05, 0) is 44.4 Å². The molecular formula is C25H27N3O3. The smallest absolute Gasteiger partial charge is 0.254 e. The number of hydrogen-bond donors (Lipinski definition) is 0. The molecule has 0 aliphatic carbocycles. The van der Waals surface area contributed by atoms with E-state index in [-0.39, 0.29) is 23.9 Å². The first-order valence-electron chi connectivity index (χ1n) is 10.9. The van der Waals surface area contributed by atoms with Crippen molar-refractivity contribution in [3.63, 3.8) is 0 Å². The van der Waals surface area contributed by atoms with Gasteiger partial charge in [0, 0.05) is 36.8 Å². The molecule has 4 rings (SSSR count). The number of piperidine rings is 1. The minimum Gasteiger partial charge on any atom is -0.339 e. The summed E-state index contributed by atoms with van der Waals surface area (Å²) in [6, 6.07) is 18.1. The largest absolute Gasteiger partial charge is 0.339 e. The molecule has 2 aromatic carbocycles. The van der Waals surface area contributed by atoms with E-state index in [2.05, 4.69) is 0 Å². The lowest BCUT2D eigenvalue weighted by atomic mass is 10.0. The van der Waals surface area contributed by atoms with Crippen LogP contribution in [-0.4, -0.2) is 40.9 Å². The molecule has 1 aliphatic rings. The lowest BCUT2D eigenvalue weighted by Gasteiger charge is -2.27. The summed E-state index contributed by atoms with van der Waals surface area (Å²) in [5.74, 6) is -0.276. The zero-order valence-corrected chi connectivity index (χ0v) is 17.8. The SMILES string of the molecule is CCN(C(=O)Cn1c(=O)cc(C(=O)N2CCCCC2)c2ccccc21)c1ccccc1. The standard InChI is InChI=1S/C25H27N3O3/c1-2-27(19-11-5-3-6-12-19)24(30)18-28-22-14-8-7-13-20(22)21(17-23(28)29)25(31)26-15-9-4-10-16-26/h3,5-8,11-14,17H,2,4,9-10,15-16,18H2,1H3. The summed E-state index contributed by atoms with van der Waals surface area (Å²) in [6.45, 7) is 3.77. The van der Waals surface area contributed by atoms with Gasteiger partial charge in [-0.2, -0.15) is 0 Å². The maximum absolute atomic E-state index is 13.1. The lowest BCUT2D eigenvalue weighted by Crippen LogP contribution is -2.38. The van der Waals surface area contributed by atoms with Crippen LogP contribution in [0.25, 0.3) is 10.9 Å². The van der Waals surface area contributed by atoms with Gasteiger partial charge in [0.1, 0.15) is 6.54 Å². The van der Waals surface area contributed by atoms with Crippen molar-refractivity contribution >= 4 is 28.4 Å². The molecule has 6 nitrogen and oxygen atoms in total. The van der Waals surface area contributed by atoms with E-state index in [4.69, 9.17) is 0 Å². The molecule has 1 saturated heterocycles. The Morgan fingerprint density at radius 2 is 1.61 bits per heavy atom. The summed E-state index contributed by atoms with van der Waals surface area (Å²) in [6.07, 6.45) is 3.10. The number of carbonyl (C=O) groups excluding carboxylic acids is 2. The first-order valence-corrected chi connectivity index (χ1v) is 10.9. The number of pyridine rings is 1. The Morgan fingerprint density at radius 1 is 0.935 bits per heavy atom. The molecule has 0 N–H and O–H groups in total. The predicted octanol–water partition coefficient (Wildman–Crippen LogP) is 3.68. The Morgan fingerprint density at radius 3 is 2.32 bits per heavy atom. The number of fused-ring (bicyclic) bond motifs is 1. The highest BCUT2D eigenvalue weighted by molar-refractivity contribution is 6.06. The topological polar surface area (TPSA) is 62.6 Å². The monoisotopic (exact) mass is 417 g/mol. The van der Waals surface area contributed by atoms with Gasteiger partial charge in [0.25, 0.3) is 11.5 Å². The van der Waals surface area contributed by atoms with Crippen LogP contribution in [0.1, 0.15) is 36.5 Å². The summed E-state index contributed by atoms with van der Waals surface area (Å²) >= 11 is 0. The van der Waals surface area contributed by atoms with Crippen molar-refractivity contribution in [2.24, 2.45) is 0 Å². The van der Waals surface area contributed by atoms with E-state index in [1.807, 2.05) is 60.4 Å². The van der Waals surface area contributed by atoms with E-state index >= 15 is 0 Å². The number of benzene rings is 2. The van der Waals surface area contributed by atoms with Crippen molar-refractivity contribution in [2.75, 3.05) is 24.5 Å². The van der Waals surface area contributed by atoms with Crippen LogP contribution in [0, 0.1) is 0 Å². The van der Waals surface area contributed by atoms with Gasteiger partial charge in [-0.15, -0.1) is 0 Å². The molecular weight excluding hydrogens is 390 g/mol. The number of amides is 2. The van der Waals surface area contributed by atoms with Crippen LogP contribution < -0.4 is 10.5 Å². The van der Waals surface area contributed by atoms with Crippen molar-refractivity contribution in [1.29, 1.82) is 0 Å². The van der Waals surface area contributed by atoms with Crippen LogP contribution in [0.4, 0.5) is 5.69 Å². The fourth-order valence-electron chi connectivity index (χ4n) is 4.27. The highest BCUT2D eigenvalue weighted by atomic mass is 16.2. The van der Waals surface area contributed by atoms with Crippen LogP contribution in [0.3, 0.4) is 0 Å². The summed E-state index contributed by atoms with van der Waals surface area (Å²) in [7, 11) is 0. The molecule has 0 saturated carbocycles. The van der Waals surface area contributed by atoms with Gasteiger partial charge in [0.05, 0.1) is 11.1 Å². The van der Waals surface area contributed by atoms with Gasteiger partial charge in [0.15, 0.2) is 0 Å². The average molecular weight is 418 g/mol. The fourth-order valence-corrected chi connectivity index (χ4v) is 4.27. The number of aromatic nitrogens is 1. The number of carbonyl (C=O) groups is 2. The van der Waals surface area contributed by atoms with Gasteiger partial charge >= 0.3 is 0 Å². The second kappa shape index (κ2) is 9.16. The van der Waals surface area contributed by atoms with Crippen molar-refractivity contribution in [3.8, 4) is 0 Å². The summed E-state index contributed by atoms with van der Waals surface area (Å²) < 4.78 is 1.47. The zero-order valence-electron chi connectivity index (χ0n) is 17.8. The third-order valence-electron chi connectivity index (χ3n) is 5.87. The molecule has 2 amide bonds. The maximum atomic E-state index is 13.1. The van der Waals surface area contributed by atoms with Gasteiger partial charge in [-0.1, -0.05) is 36.4 Å². The highest BCUT2D eigenvalue weighted by Crippen LogP contribution is 2.21. The molecule has 0 unspecified atom stereocenters. The average Bonchev–Trinajstić information content (AvgIpc) is 2.82. The Hall–Kier alpha value is -3.41. The first-order chi connectivity index (χ1) is 15.1. The number of nitrogens with zero attached hydrogens (tertiary/aromatic N) is 3. The molecule has 1 aliphatic heterocycles. The third-order valence-corrected chi connectivity index (χ3v) is 5.87. The van der Waals surface area contributed by atoms with Crippen molar-refractivity contribution < 1.29 is 9.59 Å². The van der Waals surface area contributed by atoms with Gasteiger partial charge in [-0.3, -0.25) is 19.0 Å². The maximum Gasteiger partial charge on any atom is 0.254 e. The molecule has 1 aromatic heterocycles. The fraction of sp³-hybridized carbons (Fsp3) is 0.320. The molecule has 1 fully saturated rings.